The summed E-state index contributed by atoms with van der Waals surface area (Å²) in [7, 11) is 0. The second kappa shape index (κ2) is 5.14. The molecule has 17 heavy (non-hydrogen) atoms. The largest absolute Gasteiger partial charge is 0.396 e. The number of pyridine rings is 1. The van der Waals surface area contributed by atoms with E-state index in [9.17, 15) is 0 Å². The van der Waals surface area contributed by atoms with Gasteiger partial charge in [-0.15, -0.1) is 5.10 Å². The third kappa shape index (κ3) is 2.55. The molecule has 92 valence electrons. The summed E-state index contributed by atoms with van der Waals surface area (Å²) in [6.07, 6.45) is 1.65. The van der Waals surface area contributed by atoms with E-state index in [4.69, 9.17) is 5.11 Å². The smallest absolute Gasteiger partial charge is 0.243 e. The summed E-state index contributed by atoms with van der Waals surface area (Å²) in [4.78, 5) is 4.40. The van der Waals surface area contributed by atoms with Gasteiger partial charge in [0.2, 0.25) is 5.95 Å². The molecule has 0 saturated carbocycles. The molecule has 0 aliphatic rings. The van der Waals surface area contributed by atoms with Crippen LogP contribution in [0.4, 0.5) is 5.95 Å². The Hall–Kier alpha value is -1.62. The number of nitrogens with one attached hydrogen (secondary N) is 1. The Morgan fingerprint density at radius 2 is 2.29 bits per heavy atom. The predicted octanol–water partition coefficient (Wildman–Crippen LogP) is 1.61. The number of nitrogens with zero attached hydrogens (tertiary/aromatic N) is 3. The van der Waals surface area contributed by atoms with E-state index in [1.807, 2.05) is 29.6 Å². The van der Waals surface area contributed by atoms with Crippen LogP contribution in [0.3, 0.4) is 0 Å². The van der Waals surface area contributed by atoms with E-state index in [1.165, 1.54) is 0 Å². The lowest BCUT2D eigenvalue weighted by atomic mass is 10.2. The second-order valence-electron chi connectivity index (χ2n) is 4.13. The third-order valence-corrected chi connectivity index (χ3v) is 2.85. The molecule has 1 atom stereocenters. The highest BCUT2D eigenvalue weighted by Gasteiger charge is 2.09. The molecule has 2 heterocycles. The van der Waals surface area contributed by atoms with Crippen LogP contribution in [-0.4, -0.2) is 32.4 Å². The highest BCUT2D eigenvalue weighted by atomic mass is 16.3. The maximum atomic E-state index is 8.94. The number of aromatic nitrogens is 3. The van der Waals surface area contributed by atoms with E-state index in [-0.39, 0.29) is 12.6 Å². The first-order valence-electron chi connectivity index (χ1n) is 5.94. The molecule has 0 aromatic carbocycles. The van der Waals surface area contributed by atoms with Gasteiger partial charge in [-0.1, -0.05) is 13.0 Å². The van der Waals surface area contributed by atoms with E-state index in [2.05, 4.69) is 22.3 Å². The highest BCUT2D eigenvalue weighted by molar-refractivity contribution is 5.44. The maximum Gasteiger partial charge on any atom is 0.243 e. The Balaban J connectivity index is 2.21. The van der Waals surface area contributed by atoms with Crippen molar-refractivity contribution in [3.63, 3.8) is 0 Å². The molecule has 0 radical (unpaired) electrons. The van der Waals surface area contributed by atoms with E-state index >= 15 is 0 Å². The molecule has 0 amide bonds. The second-order valence-corrected chi connectivity index (χ2v) is 4.13. The van der Waals surface area contributed by atoms with Crippen LogP contribution in [0.15, 0.2) is 18.2 Å². The quantitative estimate of drug-likeness (QED) is 0.825. The Bertz CT molecular complexity index is 494. The number of fused-ring (bicyclic) bond motifs is 1. The minimum atomic E-state index is 0.178. The third-order valence-electron chi connectivity index (χ3n) is 2.85. The van der Waals surface area contributed by atoms with Crippen LogP contribution < -0.4 is 5.32 Å². The molecule has 2 rings (SSSR count). The summed E-state index contributed by atoms with van der Waals surface area (Å²) in [6.45, 7) is 4.25. The lowest BCUT2D eigenvalue weighted by molar-refractivity contribution is 0.278. The van der Waals surface area contributed by atoms with Gasteiger partial charge in [-0.25, -0.2) is 4.52 Å². The highest BCUT2D eigenvalue weighted by Crippen LogP contribution is 2.10. The van der Waals surface area contributed by atoms with Crippen molar-refractivity contribution in [3.8, 4) is 0 Å². The van der Waals surface area contributed by atoms with Crippen LogP contribution in [0.1, 0.15) is 25.5 Å². The molecule has 0 aliphatic carbocycles. The minimum absolute atomic E-state index is 0.178. The van der Waals surface area contributed by atoms with E-state index in [0.29, 0.717) is 12.4 Å². The van der Waals surface area contributed by atoms with Gasteiger partial charge in [0, 0.05) is 18.3 Å². The van der Waals surface area contributed by atoms with Gasteiger partial charge < -0.3 is 10.4 Å². The molecule has 5 heteroatoms. The lowest BCUT2D eigenvalue weighted by Crippen LogP contribution is -2.20. The zero-order valence-corrected chi connectivity index (χ0v) is 10.2. The summed E-state index contributed by atoms with van der Waals surface area (Å²) in [5.41, 5.74) is 1.89. The number of rotatable bonds is 5. The first-order valence-corrected chi connectivity index (χ1v) is 5.94. The van der Waals surface area contributed by atoms with Crippen molar-refractivity contribution in [2.24, 2.45) is 0 Å². The zero-order valence-electron chi connectivity index (χ0n) is 10.2. The van der Waals surface area contributed by atoms with Crippen molar-refractivity contribution in [3.05, 3.63) is 23.9 Å². The molecule has 0 fully saturated rings. The van der Waals surface area contributed by atoms with Crippen LogP contribution in [0.25, 0.3) is 5.65 Å². The van der Waals surface area contributed by atoms with Gasteiger partial charge in [-0.2, -0.15) is 4.98 Å². The Morgan fingerprint density at radius 1 is 1.47 bits per heavy atom. The van der Waals surface area contributed by atoms with Crippen molar-refractivity contribution in [2.45, 2.75) is 32.7 Å². The van der Waals surface area contributed by atoms with E-state index in [1.54, 1.807) is 0 Å². The molecule has 0 aliphatic heterocycles. The average Bonchev–Trinajstić information content (AvgIpc) is 2.72. The van der Waals surface area contributed by atoms with Crippen molar-refractivity contribution >= 4 is 11.6 Å². The SMILES string of the molecule is CCC(CCO)Nc1nc2cccc(C)n2n1. The minimum Gasteiger partial charge on any atom is -0.396 e. The summed E-state index contributed by atoms with van der Waals surface area (Å²) in [6, 6.07) is 6.11. The summed E-state index contributed by atoms with van der Waals surface area (Å²) < 4.78 is 1.81. The number of aliphatic hydroxyl groups excluding tert-OH is 1. The molecule has 2 aromatic rings. The predicted molar refractivity (Wildman–Crippen MR) is 67.1 cm³/mol. The van der Waals surface area contributed by atoms with E-state index in [0.717, 1.165) is 17.8 Å². The van der Waals surface area contributed by atoms with E-state index < -0.39 is 0 Å². The maximum absolute atomic E-state index is 8.94. The molecule has 0 saturated heterocycles. The molecule has 2 aromatic heterocycles. The Morgan fingerprint density at radius 3 is 2.94 bits per heavy atom. The van der Waals surface area contributed by atoms with Crippen molar-refractivity contribution in [1.82, 2.24) is 14.6 Å². The van der Waals surface area contributed by atoms with Crippen LogP contribution in [-0.2, 0) is 0 Å². The van der Waals surface area contributed by atoms with Crippen LogP contribution >= 0.6 is 0 Å². The number of hydrogen-bond acceptors (Lipinski definition) is 4. The molecule has 2 N–H and O–H groups in total. The Kier molecular flexibility index (Phi) is 3.58. The molecule has 0 spiro atoms. The standard InChI is InChI=1S/C12H18N4O/c1-3-10(7-8-17)13-12-14-11-6-4-5-9(2)16(11)15-12/h4-6,10,17H,3,7-8H2,1-2H3,(H,13,15). The first-order chi connectivity index (χ1) is 8.24. The van der Waals surface area contributed by atoms with Crippen LogP contribution in [0, 0.1) is 6.92 Å². The van der Waals surface area contributed by atoms with Crippen molar-refractivity contribution in [1.29, 1.82) is 0 Å². The van der Waals surface area contributed by atoms with Crippen molar-refractivity contribution < 1.29 is 5.11 Å². The normalized spacial score (nSPS) is 12.9. The summed E-state index contributed by atoms with van der Waals surface area (Å²) in [5.74, 6) is 0.625. The summed E-state index contributed by atoms with van der Waals surface area (Å²) >= 11 is 0. The van der Waals surface area contributed by atoms with Gasteiger partial charge in [0.15, 0.2) is 5.65 Å². The topological polar surface area (TPSA) is 62.5 Å². The monoisotopic (exact) mass is 234 g/mol. The number of aliphatic hydroxyl groups is 1. The fraction of sp³-hybridized carbons (Fsp3) is 0.500. The number of hydrogen-bond donors (Lipinski definition) is 2. The van der Waals surface area contributed by atoms with Gasteiger partial charge in [0.05, 0.1) is 0 Å². The first kappa shape index (κ1) is 11.9. The number of anilines is 1. The molecular formula is C12H18N4O. The lowest BCUT2D eigenvalue weighted by Gasteiger charge is -2.13. The van der Waals surface area contributed by atoms with Gasteiger partial charge in [-0.3, -0.25) is 0 Å². The van der Waals surface area contributed by atoms with Gasteiger partial charge in [0.25, 0.3) is 0 Å². The van der Waals surface area contributed by atoms with Crippen LogP contribution in [0.2, 0.25) is 0 Å². The van der Waals surface area contributed by atoms with Gasteiger partial charge in [0.1, 0.15) is 0 Å². The molecule has 1 unspecified atom stereocenters. The van der Waals surface area contributed by atoms with Crippen LogP contribution in [0.5, 0.6) is 0 Å². The van der Waals surface area contributed by atoms with Gasteiger partial charge in [-0.05, 0) is 31.9 Å². The average molecular weight is 234 g/mol. The fourth-order valence-electron chi connectivity index (χ4n) is 1.81. The Labute approximate surface area is 100 Å². The fourth-order valence-corrected chi connectivity index (χ4v) is 1.81. The zero-order chi connectivity index (χ0) is 12.3. The number of aryl methyl sites for hydroxylation is 1. The summed E-state index contributed by atoms with van der Waals surface area (Å²) in [5, 5.41) is 16.6. The molecule has 0 bridgehead atoms. The van der Waals surface area contributed by atoms with Crippen molar-refractivity contribution in [2.75, 3.05) is 11.9 Å². The molecular weight excluding hydrogens is 216 g/mol. The van der Waals surface area contributed by atoms with Gasteiger partial charge >= 0.3 is 0 Å². The molecule has 5 nitrogen and oxygen atoms in total.